The van der Waals surface area contributed by atoms with Gasteiger partial charge in [-0.15, -0.1) is 0 Å². The van der Waals surface area contributed by atoms with Crippen LogP contribution in [0.5, 0.6) is 0 Å². The molecule has 0 heterocycles. The molecule has 2 rings (SSSR count). The number of aliphatic imine (C=N–C) groups is 2. The van der Waals surface area contributed by atoms with Gasteiger partial charge in [0.1, 0.15) is 0 Å². The second kappa shape index (κ2) is 22.0. The maximum atomic E-state index is 5.22. The quantitative estimate of drug-likeness (QED) is 0.0852. The van der Waals surface area contributed by atoms with Gasteiger partial charge >= 0.3 is 0 Å². The van der Waals surface area contributed by atoms with E-state index in [0.717, 1.165) is 49.2 Å². The van der Waals surface area contributed by atoms with E-state index in [1.54, 1.807) is 0 Å². The largest absolute Gasteiger partial charge is 0.255 e. The Bertz CT molecular complexity index is 924. The summed E-state index contributed by atoms with van der Waals surface area (Å²) in [6.07, 6.45) is 22.5. The Morgan fingerprint density at radius 1 is 0.513 bits per heavy atom. The first-order valence-corrected chi connectivity index (χ1v) is 16.0. The van der Waals surface area contributed by atoms with Crippen LogP contribution in [0.1, 0.15) is 140 Å². The Balaban J connectivity index is 0.00000760. The zero-order chi connectivity index (χ0) is 27.4. The van der Waals surface area contributed by atoms with Crippen molar-refractivity contribution in [2.45, 2.75) is 144 Å². The van der Waals surface area contributed by atoms with Crippen LogP contribution in [0.4, 0.5) is 11.4 Å². The molecule has 220 valence electrons. The van der Waals surface area contributed by atoms with Crippen molar-refractivity contribution in [1.29, 1.82) is 0 Å². The van der Waals surface area contributed by atoms with E-state index in [2.05, 4.69) is 77.2 Å². The van der Waals surface area contributed by atoms with Gasteiger partial charge in [-0.1, -0.05) is 91.7 Å². The van der Waals surface area contributed by atoms with Gasteiger partial charge in [0.2, 0.25) is 0 Å². The second-order valence-corrected chi connectivity index (χ2v) is 11.1. The molecule has 3 heteroatoms. The molecular formula is C36H56N2Ni. The van der Waals surface area contributed by atoms with Crippen LogP contribution in [0.25, 0.3) is 0 Å². The van der Waals surface area contributed by atoms with Crippen molar-refractivity contribution in [2.24, 2.45) is 9.98 Å². The molecule has 0 aliphatic carbocycles. The summed E-state index contributed by atoms with van der Waals surface area (Å²) in [5, 5.41) is 0. The van der Waals surface area contributed by atoms with Crippen molar-refractivity contribution < 1.29 is 16.5 Å². The zero-order valence-electron chi connectivity index (χ0n) is 25.8. The Morgan fingerprint density at radius 2 is 0.923 bits per heavy atom. The SMILES string of the molecule is CCCCCCC(/C=N/c1cc(CCCC)cc(CCCC)c1)=N\c1cc(CCCC)cc(CCCC)c1.[Ni]. The van der Waals surface area contributed by atoms with E-state index in [1.807, 2.05) is 0 Å². The fraction of sp³-hybridized carbons (Fsp3) is 0.611. The third-order valence-electron chi connectivity index (χ3n) is 7.27. The molecular weight excluding hydrogens is 519 g/mol. The fourth-order valence-electron chi connectivity index (χ4n) is 4.92. The molecule has 2 nitrogen and oxygen atoms in total. The van der Waals surface area contributed by atoms with Crippen molar-refractivity contribution >= 4 is 23.3 Å². The maximum absolute atomic E-state index is 5.22. The van der Waals surface area contributed by atoms with Crippen LogP contribution in [0, 0.1) is 0 Å². The Kier molecular flexibility index (Phi) is 19.9. The molecule has 0 atom stereocenters. The van der Waals surface area contributed by atoms with Gasteiger partial charge in [0.15, 0.2) is 0 Å². The first-order valence-electron chi connectivity index (χ1n) is 16.0. The number of benzene rings is 2. The second-order valence-electron chi connectivity index (χ2n) is 11.1. The van der Waals surface area contributed by atoms with Crippen molar-refractivity contribution in [3.05, 3.63) is 58.7 Å². The molecule has 0 aliphatic heterocycles. The van der Waals surface area contributed by atoms with Crippen LogP contribution in [-0.2, 0) is 42.2 Å². The summed E-state index contributed by atoms with van der Waals surface area (Å²) >= 11 is 0. The molecule has 0 spiro atoms. The van der Waals surface area contributed by atoms with E-state index in [9.17, 15) is 0 Å². The van der Waals surface area contributed by atoms with Gasteiger partial charge in [-0.3, -0.25) is 9.98 Å². The molecule has 0 unspecified atom stereocenters. The predicted molar refractivity (Wildman–Crippen MR) is 171 cm³/mol. The molecule has 0 radical (unpaired) electrons. The smallest absolute Gasteiger partial charge is 0.0639 e. The van der Waals surface area contributed by atoms with Gasteiger partial charge in [0.05, 0.1) is 17.1 Å². The third kappa shape index (κ3) is 15.0. The summed E-state index contributed by atoms with van der Waals surface area (Å²) in [6, 6.07) is 14.1. The molecule has 0 saturated heterocycles. The van der Waals surface area contributed by atoms with Crippen molar-refractivity contribution in [1.82, 2.24) is 0 Å². The van der Waals surface area contributed by atoms with Gasteiger partial charge in [0, 0.05) is 22.7 Å². The summed E-state index contributed by atoms with van der Waals surface area (Å²) < 4.78 is 0. The van der Waals surface area contributed by atoms with E-state index in [1.165, 1.54) is 99.3 Å². The monoisotopic (exact) mass is 574 g/mol. The minimum Gasteiger partial charge on any atom is -0.255 e. The van der Waals surface area contributed by atoms with E-state index in [0.29, 0.717) is 0 Å². The van der Waals surface area contributed by atoms with E-state index >= 15 is 0 Å². The summed E-state index contributed by atoms with van der Waals surface area (Å²) in [4.78, 5) is 10.2. The molecule has 2 aromatic rings. The Labute approximate surface area is 251 Å². The summed E-state index contributed by atoms with van der Waals surface area (Å²) in [5.41, 5.74) is 9.05. The third-order valence-corrected chi connectivity index (χ3v) is 7.27. The van der Waals surface area contributed by atoms with Gasteiger partial charge in [0.25, 0.3) is 0 Å². The topological polar surface area (TPSA) is 24.7 Å². The van der Waals surface area contributed by atoms with Crippen LogP contribution in [0.15, 0.2) is 46.4 Å². The standard InChI is InChI=1S/C36H56N2.Ni/c1-6-11-16-17-22-34(38-36-27-32(20-14-9-4)24-33(28-36)21-15-10-5)29-37-35-25-30(18-12-7-2)23-31(26-35)19-13-8-3;/h23-29H,6-22H2,1-5H3;/b37-29+,38-34+;. The van der Waals surface area contributed by atoms with Gasteiger partial charge in [-0.2, -0.15) is 0 Å². The van der Waals surface area contributed by atoms with Gasteiger partial charge in [-0.25, -0.2) is 0 Å². The van der Waals surface area contributed by atoms with E-state index in [-0.39, 0.29) is 16.5 Å². The molecule has 0 aromatic heterocycles. The number of unbranched alkanes of at least 4 members (excludes halogenated alkanes) is 7. The minimum atomic E-state index is 0. The molecule has 39 heavy (non-hydrogen) atoms. The van der Waals surface area contributed by atoms with Crippen LogP contribution >= 0.6 is 0 Å². The molecule has 0 aliphatic rings. The number of hydrogen-bond donors (Lipinski definition) is 0. The summed E-state index contributed by atoms with van der Waals surface area (Å²) in [5.74, 6) is 0. The fourth-order valence-corrected chi connectivity index (χ4v) is 4.92. The van der Waals surface area contributed by atoms with Crippen LogP contribution in [0.3, 0.4) is 0 Å². The van der Waals surface area contributed by atoms with E-state index in [4.69, 9.17) is 9.98 Å². The molecule has 0 bridgehead atoms. The van der Waals surface area contributed by atoms with Gasteiger partial charge < -0.3 is 0 Å². The number of hydrogen-bond acceptors (Lipinski definition) is 2. The maximum Gasteiger partial charge on any atom is 0.0639 e. The van der Waals surface area contributed by atoms with Crippen LogP contribution in [-0.4, -0.2) is 11.9 Å². The van der Waals surface area contributed by atoms with Gasteiger partial charge in [-0.05, 0) is 111 Å². The van der Waals surface area contributed by atoms with Crippen molar-refractivity contribution in [2.75, 3.05) is 0 Å². The van der Waals surface area contributed by atoms with E-state index < -0.39 is 0 Å². The number of rotatable bonds is 20. The zero-order valence-corrected chi connectivity index (χ0v) is 26.8. The van der Waals surface area contributed by atoms with Crippen LogP contribution in [0.2, 0.25) is 0 Å². The average molecular weight is 576 g/mol. The molecule has 0 saturated carbocycles. The Morgan fingerprint density at radius 3 is 1.33 bits per heavy atom. The van der Waals surface area contributed by atoms with Crippen LogP contribution < -0.4 is 0 Å². The van der Waals surface area contributed by atoms with Crippen molar-refractivity contribution in [3.8, 4) is 0 Å². The molecule has 0 N–H and O–H groups in total. The summed E-state index contributed by atoms with van der Waals surface area (Å²) in [7, 11) is 0. The number of aryl methyl sites for hydroxylation is 4. The molecule has 0 fully saturated rings. The average Bonchev–Trinajstić information content (AvgIpc) is 2.93. The first kappa shape index (κ1) is 35.3. The molecule has 2 aromatic carbocycles. The molecule has 0 amide bonds. The Hall–Kier alpha value is -1.73. The van der Waals surface area contributed by atoms with Crippen molar-refractivity contribution in [3.63, 3.8) is 0 Å². The predicted octanol–water partition coefficient (Wildman–Crippen LogP) is 11.5. The minimum absolute atomic E-state index is 0. The number of nitrogens with zero attached hydrogens (tertiary/aromatic N) is 2. The summed E-state index contributed by atoms with van der Waals surface area (Å²) in [6.45, 7) is 11.4. The first-order chi connectivity index (χ1) is 18.6. The normalized spacial score (nSPS) is 11.8.